The molecule has 3 aromatic carbocycles. The average Bonchev–Trinajstić information content (AvgIpc) is 3.01. The second-order valence-electron chi connectivity index (χ2n) is 11.2. The summed E-state index contributed by atoms with van der Waals surface area (Å²) in [7, 11) is 3.13. The van der Waals surface area contributed by atoms with Crippen molar-refractivity contribution >= 4 is 34.8 Å². The van der Waals surface area contributed by atoms with Gasteiger partial charge in [-0.1, -0.05) is 60.7 Å². The minimum Gasteiger partial charge on any atom is -0.489 e. The van der Waals surface area contributed by atoms with Gasteiger partial charge in [0.1, 0.15) is 24.3 Å². The summed E-state index contributed by atoms with van der Waals surface area (Å²) >= 11 is 0. The van der Waals surface area contributed by atoms with Crippen LogP contribution in [0.3, 0.4) is 0 Å². The van der Waals surface area contributed by atoms with Crippen LogP contribution < -0.4 is 19.9 Å². The van der Waals surface area contributed by atoms with Crippen LogP contribution in [0.25, 0.3) is 0 Å². The van der Waals surface area contributed by atoms with Crippen molar-refractivity contribution in [3.63, 3.8) is 0 Å². The number of methoxy groups -OCH3 is 1. The van der Waals surface area contributed by atoms with Gasteiger partial charge in [0.15, 0.2) is 0 Å². The summed E-state index contributed by atoms with van der Waals surface area (Å²) in [6.45, 7) is 6.68. The maximum Gasteiger partial charge on any atom is 0.414 e. The molecule has 0 spiro atoms. The van der Waals surface area contributed by atoms with Crippen molar-refractivity contribution in [1.82, 2.24) is 9.97 Å². The molecule has 0 aliphatic rings. The van der Waals surface area contributed by atoms with Gasteiger partial charge in [-0.15, -0.1) is 0 Å². The SMILES string of the molecule is COCCOc1ccc(Nc2ncnc(N(Cc3ccccc3)Cc3ccccc3)c2[N+](=O)[O-])cc1N(C)C(=O)OC(C)(C)C. The topological polar surface area (TPSA) is 132 Å². The van der Waals surface area contributed by atoms with Crippen LogP contribution in [0.2, 0.25) is 0 Å². The Kier molecular flexibility index (Phi) is 10.9. The first-order chi connectivity index (χ1) is 21.6. The van der Waals surface area contributed by atoms with Crippen LogP contribution in [0.1, 0.15) is 31.9 Å². The van der Waals surface area contributed by atoms with Gasteiger partial charge in [-0.2, -0.15) is 0 Å². The molecular formula is C33H38N6O6. The first kappa shape index (κ1) is 32.7. The predicted molar refractivity (Wildman–Crippen MR) is 173 cm³/mol. The van der Waals surface area contributed by atoms with Gasteiger partial charge in [0.05, 0.1) is 17.2 Å². The van der Waals surface area contributed by atoms with Crippen LogP contribution >= 0.6 is 0 Å². The minimum atomic E-state index is -0.721. The monoisotopic (exact) mass is 614 g/mol. The number of ether oxygens (including phenoxy) is 3. The Morgan fingerprint density at radius 1 is 0.933 bits per heavy atom. The molecule has 0 saturated carbocycles. The second-order valence-corrected chi connectivity index (χ2v) is 11.2. The zero-order chi connectivity index (χ0) is 32.4. The van der Waals surface area contributed by atoms with Gasteiger partial charge in [0.25, 0.3) is 0 Å². The zero-order valence-electron chi connectivity index (χ0n) is 26.1. The van der Waals surface area contributed by atoms with Gasteiger partial charge in [0, 0.05) is 32.9 Å². The molecule has 0 saturated heterocycles. The van der Waals surface area contributed by atoms with Crippen molar-refractivity contribution in [2.75, 3.05) is 42.5 Å². The van der Waals surface area contributed by atoms with Crippen LogP contribution in [0.5, 0.6) is 5.75 Å². The van der Waals surface area contributed by atoms with Crippen LogP contribution in [0.4, 0.5) is 33.5 Å². The molecule has 1 N–H and O–H groups in total. The maximum absolute atomic E-state index is 13.0. The molecule has 0 atom stereocenters. The first-order valence-electron chi connectivity index (χ1n) is 14.4. The van der Waals surface area contributed by atoms with E-state index in [4.69, 9.17) is 14.2 Å². The highest BCUT2D eigenvalue weighted by atomic mass is 16.6. The standard InChI is InChI=1S/C33H38N6O6/c1-33(2,3)45-32(40)37(4)27-20-26(16-17-28(27)44-19-18-43-5)36-30-29(39(41)42)31(35-23-34-30)38(21-24-12-8-6-9-13-24)22-25-14-10-7-11-15-25/h6-17,20,23H,18-19,21-22H2,1-5H3,(H,34,35,36). The van der Waals surface area contributed by atoms with Gasteiger partial charge >= 0.3 is 11.8 Å². The van der Waals surface area contributed by atoms with Gasteiger partial charge in [-0.25, -0.2) is 14.8 Å². The van der Waals surface area contributed by atoms with E-state index in [9.17, 15) is 14.9 Å². The number of nitrogens with one attached hydrogen (secondary N) is 1. The highest BCUT2D eigenvalue weighted by molar-refractivity contribution is 5.90. The third kappa shape index (κ3) is 9.13. The lowest BCUT2D eigenvalue weighted by Crippen LogP contribution is -2.34. The Morgan fingerprint density at radius 3 is 2.11 bits per heavy atom. The molecule has 0 aliphatic carbocycles. The fraction of sp³-hybridized carbons (Fsp3) is 0.303. The highest BCUT2D eigenvalue weighted by Crippen LogP contribution is 2.37. The predicted octanol–water partition coefficient (Wildman–Crippen LogP) is 6.73. The Hall–Kier alpha value is -5.23. The van der Waals surface area contributed by atoms with Crippen molar-refractivity contribution in [2.24, 2.45) is 0 Å². The average molecular weight is 615 g/mol. The van der Waals surface area contributed by atoms with E-state index in [0.717, 1.165) is 11.1 Å². The summed E-state index contributed by atoms with van der Waals surface area (Å²) in [5, 5.41) is 15.7. The molecule has 0 radical (unpaired) electrons. The number of hydrogen-bond donors (Lipinski definition) is 1. The molecule has 236 valence electrons. The molecule has 1 heterocycles. The zero-order valence-corrected chi connectivity index (χ0v) is 26.1. The number of amides is 1. The van der Waals surface area contributed by atoms with Crippen molar-refractivity contribution in [3.8, 4) is 5.75 Å². The summed E-state index contributed by atoms with van der Waals surface area (Å²) in [5.74, 6) is 0.562. The molecule has 1 aromatic heterocycles. The molecule has 4 rings (SSSR count). The van der Waals surface area contributed by atoms with Crippen molar-refractivity contribution < 1.29 is 23.9 Å². The summed E-state index contributed by atoms with van der Waals surface area (Å²) in [6.07, 6.45) is 0.702. The molecule has 1 amide bonds. The van der Waals surface area contributed by atoms with Gasteiger partial charge in [0.2, 0.25) is 11.6 Å². The van der Waals surface area contributed by atoms with Crippen LogP contribution in [0.15, 0.2) is 85.2 Å². The summed E-state index contributed by atoms with van der Waals surface area (Å²) < 4.78 is 16.5. The van der Waals surface area contributed by atoms with E-state index < -0.39 is 16.6 Å². The van der Waals surface area contributed by atoms with Gasteiger partial charge < -0.3 is 24.4 Å². The Balaban J connectivity index is 1.72. The van der Waals surface area contributed by atoms with E-state index in [0.29, 0.717) is 36.8 Å². The van der Waals surface area contributed by atoms with Gasteiger partial charge in [-0.05, 0) is 50.1 Å². The van der Waals surface area contributed by atoms with Crippen LogP contribution in [-0.2, 0) is 22.6 Å². The number of anilines is 4. The smallest absolute Gasteiger partial charge is 0.414 e. The van der Waals surface area contributed by atoms with E-state index in [-0.39, 0.29) is 23.9 Å². The maximum atomic E-state index is 13.0. The van der Waals surface area contributed by atoms with E-state index in [2.05, 4.69) is 15.3 Å². The van der Waals surface area contributed by atoms with Crippen LogP contribution in [0, 0.1) is 10.1 Å². The lowest BCUT2D eigenvalue weighted by Gasteiger charge is -2.26. The lowest BCUT2D eigenvalue weighted by atomic mass is 10.1. The molecule has 45 heavy (non-hydrogen) atoms. The normalized spacial score (nSPS) is 11.0. The molecule has 12 nitrogen and oxygen atoms in total. The fourth-order valence-corrected chi connectivity index (χ4v) is 4.45. The molecule has 0 unspecified atom stereocenters. The second kappa shape index (κ2) is 15.0. The molecule has 12 heteroatoms. The van der Waals surface area contributed by atoms with E-state index in [1.165, 1.54) is 11.2 Å². The number of nitro groups is 1. The van der Waals surface area contributed by atoms with E-state index in [1.54, 1.807) is 53.1 Å². The fourth-order valence-electron chi connectivity index (χ4n) is 4.45. The van der Waals surface area contributed by atoms with Crippen LogP contribution in [-0.4, -0.2) is 54.0 Å². The van der Waals surface area contributed by atoms with E-state index in [1.807, 2.05) is 65.6 Å². The number of benzene rings is 3. The number of rotatable bonds is 13. The molecule has 0 aliphatic heterocycles. The van der Waals surface area contributed by atoms with Crippen molar-refractivity contribution in [2.45, 2.75) is 39.5 Å². The van der Waals surface area contributed by atoms with Crippen molar-refractivity contribution in [1.29, 1.82) is 0 Å². The Labute approximate surface area is 262 Å². The number of carbonyl (C=O) groups is 1. The summed E-state index contributed by atoms with van der Waals surface area (Å²) in [4.78, 5) is 36.9. The third-order valence-electron chi connectivity index (χ3n) is 6.51. The molecule has 0 bridgehead atoms. The largest absolute Gasteiger partial charge is 0.489 e. The molecule has 4 aromatic rings. The number of carbonyl (C=O) groups excluding carboxylic acids is 1. The van der Waals surface area contributed by atoms with Crippen molar-refractivity contribution in [3.05, 3.63) is 106 Å². The quantitative estimate of drug-likeness (QED) is 0.0982. The Bertz CT molecular complexity index is 1540. The first-order valence-corrected chi connectivity index (χ1v) is 14.4. The third-order valence-corrected chi connectivity index (χ3v) is 6.51. The molecule has 0 fully saturated rings. The number of nitrogens with zero attached hydrogens (tertiary/aromatic N) is 5. The van der Waals surface area contributed by atoms with E-state index >= 15 is 0 Å². The Morgan fingerprint density at radius 2 is 1.56 bits per heavy atom. The summed E-state index contributed by atoms with van der Waals surface area (Å²) in [5.41, 5.74) is 1.75. The lowest BCUT2D eigenvalue weighted by molar-refractivity contribution is -0.383. The molecular weight excluding hydrogens is 576 g/mol. The summed E-state index contributed by atoms with van der Waals surface area (Å²) in [6, 6.07) is 24.4. The van der Waals surface area contributed by atoms with Gasteiger partial charge in [-0.3, -0.25) is 15.0 Å². The number of aromatic nitrogens is 2. The number of hydrogen-bond acceptors (Lipinski definition) is 10. The highest BCUT2D eigenvalue weighted by Gasteiger charge is 2.29. The minimum absolute atomic E-state index is 0.00459.